The van der Waals surface area contributed by atoms with Crippen LogP contribution in [0.25, 0.3) is 0 Å². The first-order valence-corrected chi connectivity index (χ1v) is 7.23. The van der Waals surface area contributed by atoms with E-state index < -0.39 is 0 Å². The van der Waals surface area contributed by atoms with Gasteiger partial charge < -0.3 is 0 Å². The first-order chi connectivity index (χ1) is 6.50. The fourth-order valence-electron chi connectivity index (χ4n) is 1.07. The van der Waals surface area contributed by atoms with Gasteiger partial charge in [0.05, 0.1) is 0 Å². The lowest BCUT2D eigenvalue weighted by Crippen LogP contribution is -2.13. The van der Waals surface area contributed by atoms with E-state index in [4.69, 9.17) is 11.6 Å². The minimum Gasteiger partial charge on any atom is -0.0881 e. The van der Waals surface area contributed by atoms with E-state index in [1.807, 2.05) is 18.2 Å². The van der Waals surface area contributed by atoms with E-state index in [-0.39, 0.29) is 0 Å². The maximum Gasteiger partial charge on any atom is 0.0409 e. The molecule has 2 atom stereocenters. The Balaban J connectivity index is 2.80. The topological polar surface area (TPSA) is 0 Å². The summed E-state index contributed by atoms with van der Waals surface area (Å²) in [6.45, 7) is 2.12. The van der Waals surface area contributed by atoms with Gasteiger partial charge in [-0.05, 0) is 30.2 Å². The Kier molecular flexibility index (Phi) is 5.47. The van der Waals surface area contributed by atoms with Crippen LogP contribution < -0.4 is 0 Å². The Morgan fingerprint density at radius 2 is 2.00 bits per heavy atom. The molecule has 0 aliphatic carbocycles. The number of rotatable bonds is 3. The van der Waals surface area contributed by atoms with Crippen molar-refractivity contribution < 1.29 is 0 Å². The molecule has 1 rings (SSSR count). The average Bonchev–Trinajstić information content (AvgIpc) is 2.11. The molecule has 0 fully saturated rings. The predicted molar refractivity (Wildman–Crippen MR) is 74.0 cm³/mol. The highest BCUT2D eigenvalue weighted by Crippen LogP contribution is 2.26. The molecule has 0 aliphatic rings. The third kappa shape index (κ3) is 3.84. The Bertz CT molecular complexity index is 312. The Hall–Kier alpha value is 0.950. The zero-order valence-corrected chi connectivity index (χ0v) is 13.1. The van der Waals surface area contributed by atoms with Crippen LogP contribution in [0.4, 0.5) is 0 Å². The highest BCUT2D eigenvalue weighted by molar-refractivity contribution is 9.12. The standard InChI is InChI=1S/C10H10Br3Cl/c1-6(11)10(13)5-7-4-8(14)2-3-9(7)12/h2-4,6,10H,5H2,1H3. The first-order valence-electron chi connectivity index (χ1n) is 4.22. The summed E-state index contributed by atoms with van der Waals surface area (Å²) in [7, 11) is 0. The summed E-state index contributed by atoms with van der Waals surface area (Å²) in [6, 6.07) is 5.86. The molecule has 0 spiro atoms. The minimum atomic E-state index is 0.414. The third-order valence-corrected chi connectivity index (χ3v) is 5.39. The van der Waals surface area contributed by atoms with Gasteiger partial charge in [0.25, 0.3) is 0 Å². The molecule has 0 radical (unpaired) electrons. The van der Waals surface area contributed by atoms with Crippen molar-refractivity contribution in [1.29, 1.82) is 0 Å². The number of benzene rings is 1. The van der Waals surface area contributed by atoms with Gasteiger partial charge in [-0.3, -0.25) is 0 Å². The largest absolute Gasteiger partial charge is 0.0881 e. The highest BCUT2D eigenvalue weighted by Gasteiger charge is 2.13. The van der Waals surface area contributed by atoms with Gasteiger partial charge in [0, 0.05) is 19.1 Å². The van der Waals surface area contributed by atoms with Crippen molar-refractivity contribution in [3.05, 3.63) is 33.3 Å². The van der Waals surface area contributed by atoms with Gasteiger partial charge in [-0.25, -0.2) is 0 Å². The van der Waals surface area contributed by atoms with Crippen molar-refractivity contribution in [2.75, 3.05) is 0 Å². The van der Waals surface area contributed by atoms with E-state index in [9.17, 15) is 0 Å². The molecule has 14 heavy (non-hydrogen) atoms. The fourth-order valence-corrected chi connectivity index (χ4v) is 2.21. The lowest BCUT2D eigenvalue weighted by Gasteiger charge is -2.13. The van der Waals surface area contributed by atoms with Crippen LogP contribution in [0.3, 0.4) is 0 Å². The van der Waals surface area contributed by atoms with Gasteiger partial charge in [-0.2, -0.15) is 0 Å². The summed E-state index contributed by atoms with van der Waals surface area (Å²) in [6.07, 6.45) is 0.952. The van der Waals surface area contributed by atoms with Crippen molar-refractivity contribution >= 4 is 59.4 Å². The van der Waals surface area contributed by atoms with Crippen LogP contribution in [0.2, 0.25) is 5.02 Å². The molecule has 78 valence electrons. The van der Waals surface area contributed by atoms with Crippen LogP contribution in [-0.2, 0) is 6.42 Å². The molecule has 0 nitrogen and oxygen atoms in total. The SMILES string of the molecule is CC(Br)C(Br)Cc1cc(Cl)ccc1Br. The van der Waals surface area contributed by atoms with Crippen LogP contribution in [0.15, 0.2) is 22.7 Å². The van der Waals surface area contributed by atoms with Crippen LogP contribution in [0.1, 0.15) is 12.5 Å². The first kappa shape index (κ1) is 13.0. The fraction of sp³-hybridized carbons (Fsp3) is 0.400. The maximum atomic E-state index is 5.93. The van der Waals surface area contributed by atoms with Crippen LogP contribution in [0.5, 0.6) is 0 Å². The van der Waals surface area contributed by atoms with E-state index in [0.717, 1.165) is 15.9 Å². The molecular formula is C10H10Br3Cl. The third-order valence-electron chi connectivity index (χ3n) is 1.92. The number of hydrogen-bond acceptors (Lipinski definition) is 0. The van der Waals surface area contributed by atoms with E-state index >= 15 is 0 Å². The summed E-state index contributed by atoms with van der Waals surface area (Å²) >= 11 is 16.6. The Morgan fingerprint density at radius 1 is 1.36 bits per heavy atom. The molecule has 1 aromatic carbocycles. The predicted octanol–water partition coefficient (Wildman–Crippen LogP) is 5.19. The Labute approximate surface area is 115 Å². The summed E-state index contributed by atoms with van der Waals surface area (Å²) < 4.78 is 1.11. The lowest BCUT2D eigenvalue weighted by molar-refractivity contribution is 0.854. The Morgan fingerprint density at radius 3 is 2.57 bits per heavy atom. The van der Waals surface area contributed by atoms with Gasteiger partial charge in [0.15, 0.2) is 0 Å². The molecule has 0 N–H and O–H groups in total. The molecule has 1 aromatic rings. The molecule has 0 heterocycles. The zero-order valence-electron chi connectivity index (χ0n) is 7.61. The summed E-state index contributed by atoms with van der Waals surface area (Å²) in [4.78, 5) is 0.852. The van der Waals surface area contributed by atoms with E-state index in [1.165, 1.54) is 5.56 Å². The molecule has 0 amide bonds. The average molecular weight is 405 g/mol. The molecule has 0 aromatic heterocycles. The molecule has 0 saturated heterocycles. The molecule has 0 saturated carbocycles. The maximum absolute atomic E-state index is 5.93. The second-order valence-corrected chi connectivity index (χ2v) is 7.04. The highest BCUT2D eigenvalue weighted by atomic mass is 79.9. The van der Waals surface area contributed by atoms with E-state index in [0.29, 0.717) is 9.65 Å². The van der Waals surface area contributed by atoms with E-state index in [1.54, 1.807) is 0 Å². The molecule has 4 heteroatoms. The van der Waals surface area contributed by atoms with Gasteiger partial charge >= 0.3 is 0 Å². The minimum absolute atomic E-state index is 0.414. The van der Waals surface area contributed by atoms with Gasteiger partial charge in [-0.1, -0.05) is 66.3 Å². The smallest absolute Gasteiger partial charge is 0.0409 e. The summed E-state index contributed by atoms with van der Waals surface area (Å²) in [5.41, 5.74) is 1.23. The number of halogens is 4. The van der Waals surface area contributed by atoms with Crippen molar-refractivity contribution in [2.45, 2.75) is 23.0 Å². The van der Waals surface area contributed by atoms with Gasteiger partial charge in [-0.15, -0.1) is 0 Å². The second-order valence-electron chi connectivity index (χ2n) is 3.13. The van der Waals surface area contributed by atoms with Crippen LogP contribution in [-0.4, -0.2) is 9.65 Å². The van der Waals surface area contributed by atoms with E-state index in [2.05, 4.69) is 54.7 Å². The van der Waals surface area contributed by atoms with Crippen LogP contribution >= 0.6 is 59.4 Å². The number of hydrogen-bond donors (Lipinski definition) is 0. The lowest BCUT2D eigenvalue weighted by atomic mass is 10.1. The van der Waals surface area contributed by atoms with Crippen LogP contribution in [0, 0.1) is 0 Å². The normalized spacial score (nSPS) is 15.2. The summed E-state index contributed by atoms with van der Waals surface area (Å²) in [5.74, 6) is 0. The van der Waals surface area contributed by atoms with Crippen molar-refractivity contribution in [3.63, 3.8) is 0 Å². The monoisotopic (exact) mass is 402 g/mol. The summed E-state index contributed by atoms with van der Waals surface area (Å²) in [5, 5.41) is 0.783. The van der Waals surface area contributed by atoms with Crippen molar-refractivity contribution in [3.8, 4) is 0 Å². The van der Waals surface area contributed by atoms with Crippen molar-refractivity contribution in [2.24, 2.45) is 0 Å². The molecule has 2 unspecified atom stereocenters. The molecule has 0 aliphatic heterocycles. The quantitative estimate of drug-likeness (QED) is 0.607. The van der Waals surface area contributed by atoms with Crippen molar-refractivity contribution in [1.82, 2.24) is 0 Å². The number of alkyl halides is 2. The second kappa shape index (κ2) is 5.88. The van der Waals surface area contributed by atoms with Gasteiger partial charge in [0.2, 0.25) is 0 Å². The van der Waals surface area contributed by atoms with Gasteiger partial charge in [0.1, 0.15) is 0 Å². The zero-order chi connectivity index (χ0) is 10.7. The molecule has 0 bridgehead atoms. The molecular weight excluding hydrogens is 395 g/mol.